The summed E-state index contributed by atoms with van der Waals surface area (Å²) in [6.07, 6.45) is 0.817. The summed E-state index contributed by atoms with van der Waals surface area (Å²) in [5.74, 6) is -1.24. The summed E-state index contributed by atoms with van der Waals surface area (Å²) in [5.41, 5.74) is 4.93. The zero-order chi connectivity index (χ0) is 20.7. The Morgan fingerprint density at radius 1 is 1.00 bits per heavy atom. The van der Waals surface area contributed by atoms with Crippen LogP contribution in [0.4, 0.5) is 10.5 Å². The number of H-pyrrole nitrogens is 1. The van der Waals surface area contributed by atoms with E-state index in [1.807, 2.05) is 36.4 Å². The average molecular weight is 399 g/mol. The lowest BCUT2D eigenvalue weighted by Gasteiger charge is -2.15. The van der Waals surface area contributed by atoms with E-state index in [-0.39, 0.29) is 23.8 Å². The number of aromatic nitrogens is 2. The highest BCUT2D eigenvalue weighted by Crippen LogP contribution is 2.44. The van der Waals surface area contributed by atoms with Crippen molar-refractivity contribution >= 4 is 28.7 Å². The molecule has 148 valence electrons. The van der Waals surface area contributed by atoms with Gasteiger partial charge in [0.2, 0.25) is 0 Å². The third-order valence-electron chi connectivity index (χ3n) is 5.41. The van der Waals surface area contributed by atoms with Gasteiger partial charge in [0.15, 0.2) is 0 Å². The van der Waals surface area contributed by atoms with E-state index in [0.29, 0.717) is 10.9 Å². The molecule has 5 rings (SSSR count). The largest absolute Gasteiger partial charge is 0.478 e. The number of nitrogens with one attached hydrogen (secondary N) is 2. The number of anilines is 1. The van der Waals surface area contributed by atoms with Gasteiger partial charge in [0, 0.05) is 11.3 Å². The molecular weight excluding hydrogens is 382 g/mol. The Morgan fingerprint density at radius 2 is 1.67 bits per heavy atom. The van der Waals surface area contributed by atoms with Gasteiger partial charge in [-0.1, -0.05) is 48.5 Å². The quantitative estimate of drug-likeness (QED) is 0.464. The van der Waals surface area contributed by atoms with Gasteiger partial charge in [0.1, 0.15) is 12.2 Å². The summed E-state index contributed by atoms with van der Waals surface area (Å²) in [6, 6.07) is 19.3. The van der Waals surface area contributed by atoms with Gasteiger partial charge in [0.05, 0.1) is 17.4 Å². The van der Waals surface area contributed by atoms with Crippen molar-refractivity contribution in [1.29, 1.82) is 0 Å². The van der Waals surface area contributed by atoms with Crippen LogP contribution in [0, 0.1) is 0 Å². The minimum absolute atomic E-state index is 0.0569. The first-order valence-electron chi connectivity index (χ1n) is 9.45. The van der Waals surface area contributed by atoms with Crippen LogP contribution in [0.5, 0.6) is 0 Å². The summed E-state index contributed by atoms with van der Waals surface area (Å²) < 4.78 is 5.50. The molecule has 1 amide bonds. The van der Waals surface area contributed by atoms with E-state index in [9.17, 15) is 14.7 Å². The number of aromatic carboxylic acids is 1. The Hall–Kier alpha value is -4.13. The third-order valence-corrected chi connectivity index (χ3v) is 5.41. The number of fused-ring (bicyclic) bond motifs is 4. The number of hydrogen-bond donors (Lipinski definition) is 3. The average Bonchev–Trinajstić information content (AvgIpc) is 3.34. The van der Waals surface area contributed by atoms with Gasteiger partial charge in [-0.05, 0) is 34.4 Å². The molecule has 4 aromatic rings. The highest BCUT2D eigenvalue weighted by atomic mass is 16.5. The molecule has 7 heteroatoms. The van der Waals surface area contributed by atoms with Crippen molar-refractivity contribution in [2.45, 2.75) is 5.92 Å². The standard InChI is InChI=1S/C23H17N3O4/c27-22(28)20-19(10-9-13-11-24-26-21(13)20)25-23(29)30-12-18-16-7-3-1-5-14(16)15-6-2-4-8-17(15)18/h1-11,18H,12H2,(H,24,26)(H,25,29)(H,27,28). The maximum absolute atomic E-state index is 12.5. The van der Waals surface area contributed by atoms with Crippen molar-refractivity contribution in [1.82, 2.24) is 10.2 Å². The van der Waals surface area contributed by atoms with Gasteiger partial charge < -0.3 is 9.84 Å². The second-order valence-electron chi connectivity index (χ2n) is 7.08. The van der Waals surface area contributed by atoms with Gasteiger partial charge in [-0.15, -0.1) is 0 Å². The van der Waals surface area contributed by atoms with Crippen LogP contribution in [0.2, 0.25) is 0 Å². The van der Waals surface area contributed by atoms with Crippen LogP contribution in [0.25, 0.3) is 22.0 Å². The predicted molar refractivity (Wildman–Crippen MR) is 112 cm³/mol. The van der Waals surface area contributed by atoms with E-state index < -0.39 is 12.1 Å². The number of carbonyl (C=O) groups is 2. The number of carboxylic acids is 1. The molecule has 0 fully saturated rings. The molecule has 0 saturated carbocycles. The molecule has 0 aliphatic heterocycles. The number of rotatable bonds is 4. The minimum atomic E-state index is -1.17. The number of benzene rings is 3. The van der Waals surface area contributed by atoms with Crippen LogP contribution in [-0.2, 0) is 4.74 Å². The van der Waals surface area contributed by atoms with Crippen LogP contribution in [0.3, 0.4) is 0 Å². The van der Waals surface area contributed by atoms with Crippen molar-refractivity contribution in [2.24, 2.45) is 0 Å². The third kappa shape index (κ3) is 2.88. The molecule has 0 bridgehead atoms. The highest BCUT2D eigenvalue weighted by molar-refractivity contribution is 6.09. The first-order valence-corrected chi connectivity index (χ1v) is 9.45. The molecule has 0 atom stereocenters. The van der Waals surface area contributed by atoms with Gasteiger partial charge in [0.25, 0.3) is 0 Å². The van der Waals surface area contributed by atoms with Crippen LogP contribution >= 0.6 is 0 Å². The molecule has 0 saturated heterocycles. The number of nitrogens with zero attached hydrogens (tertiary/aromatic N) is 1. The Labute approximate surface area is 171 Å². The summed E-state index contributed by atoms with van der Waals surface area (Å²) in [6.45, 7) is 0.147. The molecule has 1 aliphatic rings. The van der Waals surface area contributed by atoms with Crippen LogP contribution in [-0.4, -0.2) is 34.0 Å². The number of carboxylic acid groups (broad SMARTS) is 1. The fraction of sp³-hybridized carbons (Fsp3) is 0.0870. The van der Waals surface area contributed by atoms with Crippen molar-refractivity contribution in [3.63, 3.8) is 0 Å². The number of hydrogen-bond acceptors (Lipinski definition) is 4. The van der Waals surface area contributed by atoms with Crippen molar-refractivity contribution in [3.8, 4) is 11.1 Å². The lowest BCUT2D eigenvalue weighted by Crippen LogP contribution is -2.19. The molecule has 0 radical (unpaired) electrons. The summed E-state index contributed by atoms with van der Waals surface area (Å²) in [5, 5.41) is 19.3. The first-order chi connectivity index (χ1) is 14.6. The van der Waals surface area contributed by atoms with E-state index in [1.165, 1.54) is 12.3 Å². The molecular formula is C23H17N3O4. The highest BCUT2D eigenvalue weighted by Gasteiger charge is 2.29. The maximum Gasteiger partial charge on any atom is 0.411 e. The summed E-state index contributed by atoms with van der Waals surface area (Å²) in [7, 11) is 0. The van der Waals surface area contributed by atoms with Crippen LogP contribution < -0.4 is 5.32 Å². The SMILES string of the molecule is O=C(Nc1ccc2cn[nH]c2c1C(=O)O)OCC1c2ccccc2-c2ccccc21. The van der Waals surface area contributed by atoms with Crippen molar-refractivity contribution in [2.75, 3.05) is 11.9 Å². The van der Waals surface area contributed by atoms with E-state index in [0.717, 1.165) is 22.3 Å². The zero-order valence-electron chi connectivity index (χ0n) is 15.8. The lowest BCUT2D eigenvalue weighted by molar-refractivity contribution is 0.0700. The van der Waals surface area contributed by atoms with Gasteiger partial charge in [-0.3, -0.25) is 10.4 Å². The second-order valence-corrected chi connectivity index (χ2v) is 7.08. The van der Waals surface area contributed by atoms with E-state index >= 15 is 0 Å². The first kappa shape index (κ1) is 17.9. The van der Waals surface area contributed by atoms with Gasteiger partial charge >= 0.3 is 12.1 Å². The molecule has 7 nitrogen and oxygen atoms in total. The summed E-state index contributed by atoms with van der Waals surface area (Å²) >= 11 is 0. The van der Waals surface area contributed by atoms with E-state index in [4.69, 9.17) is 4.74 Å². The second kappa shape index (κ2) is 7.04. The Bertz CT molecular complexity index is 1250. The topological polar surface area (TPSA) is 104 Å². The predicted octanol–water partition coefficient (Wildman–Crippen LogP) is 4.62. The zero-order valence-corrected chi connectivity index (χ0v) is 15.8. The fourth-order valence-corrected chi connectivity index (χ4v) is 4.08. The lowest BCUT2D eigenvalue weighted by atomic mass is 9.98. The Morgan fingerprint density at radius 3 is 2.33 bits per heavy atom. The molecule has 1 aliphatic carbocycles. The molecule has 0 spiro atoms. The number of amides is 1. The van der Waals surface area contributed by atoms with Gasteiger partial charge in [-0.25, -0.2) is 9.59 Å². The van der Waals surface area contributed by atoms with Crippen LogP contribution in [0.15, 0.2) is 66.9 Å². The summed E-state index contributed by atoms with van der Waals surface area (Å²) in [4.78, 5) is 24.2. The number of carbonyl (C=O) groups excluding carboxylic acids is 1. The smallest absolute Gasteiger partial charge is 0.411 e. The Balaban J connectivity index is 1.37. The van der Waals surface area contributed by atoms with E-state index in [2.05, 4.69) is 27.6 Å². The van der Waals surface area contributed by atoms with Crippen molar-refractivity contribution < 1.29 is 19.4 Å². The maximum atomic E-state index is 12.5. The van der Waals surface area contributed by atoms with Crippen molar-refractivity contribution in [3.05, 3.63) is 83.6 Å². The molecule has 30 heavy (non-hydrogen) atoms. The normalized spacial score (nSPS) is 12.4. The minimum Gasteiger partial charge on any atom is -0.478 e. The number of ether oxygens (including phenoxy) is 1. The molecule has 3 N–H and O–H groups in total. The number of aromatic amines is 1. The fourth-order valence-electron chi connectivity index (χ4n) is 4.08. The Kier molecular flexibility index (Phi) is 4.21. The molecule has 1 heterocycles. The van der Waals surface area contributed by atoms with Gasteiger partial charge in [-0.2, -0.15) is 5.10 Å². The molecule has 0 unspecified atom stereocenters. The van der Waals surface area contributed by atoms with E-state index in [1.54, 1.807) is 6.07 Å². The molecule has 1 aromatic heterocycles. The monoisotopic (exact) mass is 399 g/mol. The van der Waals surface area contributed by atoms with Crippen LogP contribution in [0.1, 0.15) is 27.4 Å². The molecule has 3 aromatic carbocycles.